The first-order valence-corrected chi connectivity index (χ1v) is 3.18. The van der Waals surface area contributed by atoms with Crippen molar-refractivity contribution in [3.05, 3.63) is 7.11 Å². The standard InChI is InChI=1S/C6H8F3O2/c1-10-5(3-2-4-5)11-6(7,8)9/h1-4H2. The van der Waals surface area contributed by atoms with Crippen molar-refractivity contribution in [2.24, 2.45) is 0 Å². The van der Waals surface area contributed by atoms with Gasteiger partial charge in [0.25, 0.3) is 0 Å². The number of hydrogen-bond acceptors (Lipinski definition) is 2. The predicted octanol–water partition coefficient (Wildman–Crippen LogP) is 2.21. The van der Waals surface area contributed by atoms with Gasteiger partial charge in [-0.2, -0.15) is 0 Å². The molecule has 0 N–H and O–H groups in total. The Bertz CT molecular complexity index is 134. The average Bonchev–Trinajstić information content (AvgIpc) is 1.77. The van der Waals surface area contributed by atoms with Crippen molar-refractivity contribution in [3.8, 4) is 0 Å². The van der Waals surface area contributed by atoms with Gasteiger partial charge in [-0.1, -0.05) is 0 Å². The SMILES string of the molecule is [CH2]OC1(OC(F)(F)F)CCC1. The van der Waals surface area contributed by atoms with E-state index < -0.39 is 12.1 Å². The first-order valence-electron chi connectivity index (χ1n) is 3.18. The summed E-state index contributed by atoms with van der Waals surface area (Å²) in [5, 5.41) is 0. The molecule has 0 aromatic rings. The molecule has 11 heavy (non-hydrogen) atoms. The number of ether oxygens (including phenoxy) is 2. The molecule has 0 aromatic heterocycles. The van der Waals surface area contributed by atoms with Crippen molar-refractivity contribution in [3.63, 3.8) is 0 Å². The molecule has 0 bridgehead atoms. The van der Waals surface area contributed by atoms with Gasteiger partial charge in [-0.25, -0.2) is 0 Å². The zero-order valence-corrected chi connectivity index (χ0v) is 5.78. The smallest absolute Gasteiger partial charge is 0.347 e. The summed E-state index contributed by atoms with van der Waals surface area (Å²) in [6, 6.07) is 0. The van der Waals surface area contributed by atoms with Crippen molar-refractivity contribution in [2.45, 2.75) is 31.4 Å². The monoisotopic (exact) mass is 169 g/mol. The fourth-order valence-electron chi connectivity index (χ4n) is 0.952. The van der Waals surface area contributed by atoms with Crippen molar-refractivity contribution in [1.82, 2.24) is 0 Å². The van der Waals surface area contributed by atoms with Crippen LogP contribution in [0.2, 0.25) is 0 Å². The first kappa shape index (κ1) is 8.80. The molecule has 1 fully saturated rings. The normalized spacial score (nSPS) is 22.9. The van der Waals surface area contributed by atoms with Gasteiger partial charge in [0.2, 0.25) is 0 Å². The second kappa shape index (κ2) is 2.64. The summed E-state index contributed by atoms with van der Waals surface area (Å²) in [4.78, 5) is 0. The zero-order valence-electron chi connectivity index (χ0n) is 5.78. The second-order valence-electron chi connectivity index (χ2n) is 2.46. The van der Waals surface area contributed by atoms with Gasteiger partial charge in [0, 0.05) is 12.8 Å². The van der Waals surface area contributed by atoms with E-state index in [2.05, 4.69) is 16.6 Å². The molecule has 2 nitrogen and oxygen atoms in total. The van der Waals surface area contributed by atoms with Crippen LogP contribution in [0.4, 0.5) is 13.2 Å². The van der Waals surface area contributed by atoms with Crippen LogP contribution in [-0.4, -0.2) is 12.1 Å². The van der Waals surface area contributed by atoms with E-state index in [-0.39, 0.29) is 12.8 Å². The number of hydrogen-bond donors (Lipinski definition) is 0. The molecule has 0 amide bonds. The fraction of sp³-hybridized carbons (Fsp3) is 0.833. The maximum atomic E-state index is 11.6. The van der Waals surface area contributed by atoms with Gasteiger partial charge < -0.3 is 4.74 Å². The largest absolute Gasteiger partial charge is 0.524 e. The van der Waals surface area contributed by atoms with E-state index >= 15 is 0 Å². The molecule has 0 heterocycles. The Morgan fingerprint density at radius 2 is 1.82 bits per heavy atom. The lowest BCUT2D eigenvalue weighted by molar-refractivity contribution is -0.426. The molecule has 0 atom stereocenters. The van der Waals surface area contributed by atoms with Gasteiger partial charge in [0.05, 0.1) is 7.11 Å². The van der Waals surface area contributed by atoms with Gasteiger partial charge in [0.1, 0.15) is 0 Å². The highest BCUT2D eigenvalue weighted by molar-refractivity contribution is 4.80. The van der Waals surface area contributed by atoms with Crippen LogP contribution in [0.3, 0.4) is 0 Å². The first-order chi connectivity index (χ1) is 4.97. The molecular weight excluding hydrogens is 161 g/mol. The molecule has 0 unspecified atom stereocenters. The molecular formula is C6H8F3O2. The van der Waals surface area contributed by atoms with Crippen molar-refractivity contribution in [2.75, 3.05) is 0 Å². The summed E-state index contributed by atoms with van der Waals surface area (Å²) in [5.41, 5.74) is 0. The van der Waals surface area contributed by atoms with Crippen LogP contribution in [0.25, 0.3) is 0 Å². The predicted molar refractivity (Wildman–Crippen MR) is 30.2 cm³/mol. The number of alkyl halides is 3. The molecule has 0 spiro atoms. The third-order valence-electron chi connectivity index (χ3n) is 1.68. The van der Waals surface area contributed by atoms with Crippen LogP contribution in [0.5, 0.6) is 0 Å². The maximum absolute atomic E-state index is 11.6. The van der Waals surface area contributed by atoms with Gasteiger partial charge in [-0.3, -0.25) is 4.74 Å². The zero-order chi connectivity index (χ0) is 8.54. The van der Waals surface area contributed by atoms with E-state index in [4.69, 9.17) is 0 Å². The van der Waals surface area contributed by atoms with Crippen LogP contribution < -0.4 is 0 Å². The topological polar surface area (TPSA) is 18.5 Å². The third-order valence-corrected chi connectivity index (χ3v) is 1.68. The number of halogens is 3. The lowest BCUT2D eigenvalue weighted by Crippen LogP contribution is -2.45. The van der Waals surface area contributed by atoms with Crippen molar-refractivity contribution < 1.29 is 22.6 Å². The van der Waals surface area contributed by atoms with Gasteiger partial charge in [-0.15, -0.1) is 13.2 Å². The average molecular weight is 169 g/mol. The third kappa shape index (κ3) is 2.07. The highest BCUT2D eigenvalue weighted by Crippen LogP contribution is 2.40. The van der Waals surface area contributed by atoms with Crippen molar-refractivity contribution >= 4 is 0 Å². The van der Waals surface area contributed by atoms with Crippen LogP contribution in [-0.2, 0) is 9.47 Å². The molecule has 0 aliphatic heterocycles. The molecule has 65 valence electrons. The van der Waals surface area contributed by atoms with Crippen molar-refractivity contribution in [1.29, 1.82) is 0 Å². The molecule has 1 radical (unpaired) electrons. The minimum absolute atomic E-state index is 0.260. The second-order valence-corrected chi connectivity index (χ2v) is 2.46. The maximum Gasteiger partial charge on any atom is 0.524 e. The molecule has 0 aromatic carbocycles. The van der Waals surface area contributed by atoms with E-state index in [0.29, 0.717) is 6.42 Å². The summed E-state index contributed by atoms with van der Waals surface area (Å²) in [7, 11) is 2.94. The molecule has 5 heteroatoms. The Hall–Kier alpha value is -0.290. The summed E-state index contributed by atoms with van der Waals surface area (Å²) < 4.78 is 43.0. The van der Waals surface area contributed by atoms with Gasteiger partial charge in [-0.05, 0) is 6.42 Å². The molecule has 1 rings (SSSR count). The highest BCUT2D eigenvalue weighted by Gasteiger charge is 2.48. The van der Waals surface area contributed by atoms with E-state index in [9.17, 15) is 13.2 Å². The molecule has 0 saturated heterocycles. The Morgan fingerprint density at radius 1 is 1.27 bits per heavy atom. The molecule has 1 saturated carbocycles. The van der Waals surface area contributed by atoms with Gasteiger partial charge >= 0.3 is 6.36 Å². The highest BCUT2D eigenvalue weighted by atomic mass is 19.4. The quantitative estimate of drug-likeness (QED) is 0.590. The lowest BCUT2D eigenvalue weighted by Gasteiger charge is -2.39. The van der Waals surface area contributed by atoms with Crippen LogP contribution in [0.1, 0.15) is 19.3 Å². The molecule has 1 aliphatic carbocycles. The number of rotatable bonds is 2. The van der Waals surface area contributed by atoms with E-state index in [1.807, 2.05) is 0 Å². The van der Waals surface area contributed by atoms with Crippen LogP contribution >= 0.6 is 0 Å². The van der Waals surface area contributed by atoms with E-state index in [0.717, 1.165) is 0 Å². The Kier molecular flexibility index (Phi) is 2.11. The van der Waals surface area contributed by atoms with Crippen LogP contribution in [0, 0.1) is 7.11 Å². The van der Waals surface area contributed by atoms with E-state index in [1.165, 1.54) is 0 Å². The molecule has 1 aliphatic rings. The minimum Gasteiger partial charge on any atom is -0.347 e. The summed E-state index contributed by atoms with van der Waals surface area (Å²) in [6.45, 7) is 0. The minimum atomic E-state index is -4.63. The Morgan fingerprint density at radius 3 is 1.91 bits per heavy atom. The Labute approximate surface area is 62.3 Å². The lowest BCUT2D eigenvalue weighted by atomic mass is 9.91. The summed E-state index contributed by atoms with van der Waals surface area (Å²) >= 11 is 0. The van der Waals surface area contributed by atoms with Crippen LogP contribution in [0.15, 0.2) is 0 Å². The van der Waals surface area contributed by atoms with Gasteiger partial charge in [0.15, 0.2) is 5.79 Å². The Balaban J connectivity index is 2.45. The summed E-state index contributed by atoms with van der Waals surface area (Å²) in [6.07, 6.45) is -3.42. The summed E-state index contributed by atoms with van der Waals surface area (Å²) in [5.74, 6) is -1.49. The fourth-order valence-corrected chi connectivity index (χ4v) is 0.952. The van der Waals surface area contributed by atoms with E-state index in [1.54, 1.807) is 0 Å².